The zero-order chi connectivity index (χ0) is 22.7. The Morgan fingerprint density at radius 1 is 1.29 bits per heavy atom. The number of rotatable bonds is 7. The van der Waals surface area contributed by atoms with Gasteiger partial charge in [0.05, 0.1) is 35.8 Å². The topological polar surface area (TPSA) is 105 Å². The fourth-order valence-corrected chi connectivity index (χ4v) is 4.41. The molecule has 0 fully saturated rings. The summed E-state index contributed by atoms with van der Waals surface area (Å²) < 4.78 is 5.05. The van der Waals surface area contributed by atoms with Crippen molar-refractivity contribution in [3.05, 3.63) is 62.3 Å². The minimum Gasteiger partial charge on any atom is -0.466 e. The van der Waals surface area contributed by atoms with Crippen LogP contribution in [0.1, 0.15) is 38.3 Å². The molecule has 2 aliphatic rings. The summed E-state index contributed by atoms with van der Waals surface area (Å²) in [6.45, 7) is 4.38. The lowest BCUT2D eigenvalue weighted by Crippen LogP contribution is -2.38. The predicted molar refractivity (Wildman–Crippen MR) is 118 cm³/mol. The van der Waals surface area contributed by atoms with Crippen LogP contribution < -0.4 is 0 Å². The van der Waals surface area contributed by atoms with E-state index in [1.54, 1.807) is 24.1 Å². The minimum atomic E-state index is -0.600. The number of benzene rings is 1. The third-order valence-corrected chi connectivity index (χ3v) is 6.17. The highest BCUT2D eigenvalue weighted by molar-refractivity contribution is 8.16. The van der Waals surface area contributed by atoms with E-state index in [4.69, 9.17) is 4.74 Å². The number of nitro benzene ring substituents is 1. The molecule has 1 unspecified atom stereocenters. The van der Waals surface area contributed by atoms with Crippen LogP contribution in [0.5, 0.6) is 0 Å². The van der Waals surface area contributed by atoms with Gasteiger partial charge in [0, 0.05) is 31.4 Å². The van der Waals surface area contributed by atoms with Crippen molar-refractivity contribution in [1.82, 2.24) is 9.80 Å². The van der Waals surface area contributed by atoms with Crippen molar-refractivity contribution in [3.63, 3.8) is 0 Å². The number of esters is 1. The molecule has 0 spiro atoms. The maximum atomic E-state index is 12.8. The zero-order valence-corrected chi connectivity index (χ0v) is 18.6. The van der Waals surface area contributed by atoms with E-state index in [1.165, 1.54) is 31.0 Å². The van der Waals surface area contributed by atoms with Crippen molar-refractivity contribution in [1.29, 1.82) is 0 Å². The van der Waals surface area contributed by atoms with E-state index in [-0.39, 0.29) is 18.0 Å². The van der Waals surface area contributed by atoms with Gasteiger partial charge in [-0.15, -0.1) is 0 Å². The van der Waals surface area contributed by atoms with Gasteiger partial charge in [0.25, 0.3) is 5.69 Å². The molecule has 0 saturated carbocycles. The second kappa shape index (κ2) is 9.34. The van der Waals surface area contributed by atoms with Crippen molar-refractivity contribution in [2.45, 2.75) is 32.7 Å². The maximum Gasteiger partial charge on any atom is 0.338 e. The number of non-ortho nitro benzene ring substituents is 1. The van der Waals surface area contributed by atoms with Crippen LogP contribution in [0, 0.1) is 10.1 Å². The number of nitrogens with zero attached hydrogens (tertiary/aromatic N) is 4. The van der Waals surface area contributed by atoms with Crippen LogP contribution in [0.15, 0.2) is 51.6 Å². The van der Waals surface area contributed by atoms with Gasteiger partial charge in [-0.1, -0.05) is 18.7 Å². The molecule has 1 aromatic rings. The number of methoxy groups -OCH3 is 1. The number of amides is 1. The molecule has 164 valence electrons. The molecule has 31 heavy (non-hydrogen) atoms. The van der Waals surface area contributed by atoms with E-state index in [2.05, 4.69) is 4.99 Å². The van der Waals surface area contributed by atoms with Gasteiger partial charge in [-0.05, 0) is 36.4 Å². The van der Waals surface area contributed by atoms with Crippen LogP contribution >= 0.6 is 11.8 Å². The Morgan fingerprint density at radius 3 is 2.52 bits per heavy atom. The van der Waals surface area contributed by atoms with Crippen LogP contribution in [-0.2, 0) is 14.3 Å². The quantitative estimate of drug-likeness (QED) is 0.359. The number of thioether (sulfide) groups is 1. The Kier molecular flexibility index (Phi) is 6.79. The molecule has 0 aromatic heterocycles. The highest BCUT2D eigenvalue weighted by Crippen LogP contribution is 2.45. The number of nitro groups is 1. The maximum absolute atomic E-state index is 12.8. The molecule has 1 aromatic carbocycles. The number of carbonyl (C=O) groups is 2. The lowest BCUT2D eigenvalue weighted by molar-refractivity contribution is -0.384. The first kappa shape index (κ1) is 22.5. The van der Waals surface area contributed by atoms with Crippen molar-refractivity contribution in [2.24, 2.45) is 4.99 Å². The average molecular weight is 445 g/mol. The van der Waals surface area contributed by atoms with Gasteiger partial charge in [0.15, 0.2) is 5.17 Å². The molecule has 10 heteroatoms. The molecule has 9 nitrogen and oxygen atoms in total. The standard InChI is InChI=1S/C21H24N4O5S/c1-5-16-18(20(27)30-4)19(13-7-9-14(10-8-13)25(28)29)24-15(12-31-21(24)22-16)11-17(26)23(3)6-2/h7-10,12,19H,5-6,11H2,1-4H3. The van der Waals surface area contributed by atoms with E-state index in [9.17, 15) is 19.7 Å². The highest BCUT2D eigenvalue weighted by atomic mass is 32.2. The molecule has 2 heterocycles. The van der Waals surface area contributed by atoms with Crippen LogP contribution in [0.25, 0.3) is 0 Å². The van der Waals surface area contributed by atoms with Gasteiger partial charge in [-0.2, -0.15) is 0 Å². The summed E-state index contributed by atoms with van der Waals surface area (Å²) in [5, 5.41) is 13.6. The first-order valence-electron chi connectivity index (χ1n) is 9.85. The molecule has 0 N–H and O–H groups in total. The number of ether oxygens (including phenoxy) is 1. The van der Waals surface area contributed by atoms with Gasteiger partial charge in [-0.25, -0.2) is 9.79 Å². The van der Waals surface area contributed by atoms with Crippen molar-refractivity contribution in [2.75, 3.05) is 20.7 Å². The first-order valence-corrected chi connectivity index (χ1v) is 10.7. The average Bonchev–Trinajstić information content (AvgIpc) is 3.18. The lowest BCUT2D eigenvalue weighted by atomic mass is 9.92. The van der Waals surface area contributed by atoms with E-state index in [0.29, 0.717) is 40.7 Å². The molecule has 1 atom stereocenters. The SMILES string of the molecule is CCC1=C(C(=O)OC)C(c2ccc([N+](=O)[O-])cc2)N2C(CC(=O)N(C)CC)=CSC2=N1. The van der Waals surface area contributed by atoms with E-state index < -0.39 is 16.9 Å². The summed E-state index contributed by atoms with van der Waals surface area (Å²) in [7, 11) is 3.04. The number of amidine groups is 1. The smallest absolute Gasteiger partial charge is 0.338 e. The van der Waals surface area contributed by atoms with Gasteiger partial charge in [0.2, 0.25) is 5.91 Å². The van der Waals surface area contributed by atoms with Crippen molar-refractivity contribution >= 4 is 34.5 Å². The fourth-order valence-electron chi connectivity index (χ4n) is 3.47. The minimum absolute atomic E-state index is 0.0425. The van der Waals surface area contributed by atoms with Gasteiger partial charge in [0.1, 0.15) is 0 Å². The third-order valence-electron chi connectivity index (χ3n) is 5.28. The molecule has 0 aliphatic carbocycles. The van der Waals surface area contributed by atoms with E-state index >= 15 is 0 Å². The zero-order valence-electron chi connectivity index (χ0n) is 17.8. The van der Waals surface area contributed by atoms with Crippen LogP contribution in [0.2, 0.25) is 0 Å². The molecular weight excluding hydrogens is 420 g/mol. The molecule has 3 rings (SSSR count). The lowest BCUT2D eigenvalue weighted by Gasteiger charge is -2.36. The van der Waals surface area contributed by atoms with Crippen LogP contribution in [0.3, 0.4) is 0 Å². The molecule has 1 amide bonds. The number of fused-ring (bicyclic) bond motifs is 1. The second-order valence-electron chi connectivity index (χ2n) is 7.03. The number of carbonyl (C=O) groups excluding carboxylic acids is 2. The second-order valence-corrected chi connectivity index (χ2v) is 7.87. The number of hydrogen-bond acceptors (Lipinski definition) is 8. The summed E-state index contributed by atoms with van der Waals surface area (Å²) in [6.07, 6.45) is 0.661. The predicted octanol–water partition coefficient (Wildman–Crippen LogP) is 3.60. The number of hydrogen-bond donors (Lipinski definition) is 0. The third kappa shape index (κ3) is 4.34. The van der Waals surface area contributed by atoms with Crippen LogP contribution in [0.4, 0.5) is 5.69 Å². The summed E-state index contributed by atoms with van der Waals surface area (Å²) in [5.41, 5.74) is 2.31. The highest BCUT2D eigenvalue weighted by Gasteiger charge is 2.41. The fraction of sp³-hybridized carbons (Fsp3) is 0.381. The Hall–Kier alpha value is -3.14. The van der Waals surface area contributed by atoms with E-state index in [1.807, 2.05) is 24.2 Å². The largest absolute Gasteiger partial charge is 0.466 e. The molecule has 0 radical (unpaired) electrons. The van der Waals surface area contributed by atoms with Gasteiger partial charge < -0.3 is 14.5 Å². The summed E-state index contributed by atoms with van der Waals surface area (Å²) in [4.78, 5) is 44.1. The van der Waals surface area contributed by atoms with Crippen molar-refractivity contribution in [3.8, 4) is 0 Å². The van der Waals surface area contributed by atoms with Crippen LogP contribution in [-0.4, -0.2) is 52.5 Å². The van der Waals surface area contributed by atoms with Crippen molar-refractivity contribution < 1.29 is 19.2 Å². The Labute approximate surface area is 184 Å². The first-order chi connectivity index (χ1) is 14.8. The number of allylic oxidation sites excluding steroid dienone is 1. The molecule has 0 saturated heterocycles. The normalized spacial score (nSPS) is 17.7. The van der Waals surface area contributed by atoms with E-state index in [0.717, 1.165) is 0 Å². The Balaban J connectivity index is 2.10. The van der Waals surface area contributed by atoms with Gasteiger partial charge >= 0.3 is 5.97 Å². The summed E-state index contributed by atoms with van der Waals surface area (Å²) in [5.74, 6) is -0.570. The number of aliphatic imine (C=N–C) groups is 1. The monoisotopic (exact) mass is 444 g/mol. The summed E-state index contributed by atoms with van der Waals surface area (Å²) in [6, 6.07) is 5.47. The molecule has 0 bridgehead atoms. The summed E-state index contributed by atoms with van der Waals surface area (Å²) >= 11 is 1.39. The Bertz CT molecular complexity index is 1000. The van der Waals surface area contributed by atoms with Gasteiger partial charge in [-0.3, -0.25) is 14.9 Å². The molecular formula is C21H24N4O5S. The Morgan fingerprint density at radius 2 is 1.97 bits per heavy atom. The molecule has 2 aliphatic heterocycles.